The normalized spacial score (nSPS) is 10.5. The molecular formula is C19H21N3O2. The predicted molar refractivity (Wildman–Crippen MR) is 95.2 cm³/mol. The smallest absolute Gasteiger partial charge is 0.315 e. The summed E-state index contributed by atoms with van der Waals surface area (Å²) in [5.74, 6) is 0.775. The molecule has 3 rings (SSSR count). The molecule has 0 aliphatic rings. The van der Waals surface area contributed by atoms with Gasteiger partial charge < -0.3 is 20.4 Å². The number of urea groups is 1. The monoisotopic (exact) mass is 323 g/mol. The zero-order chi connectivity index (χ0) is 16.8. The lowest BCUT2D eigenvalue weighted by atomic mass is 10.1. The first kappa shape index (κ1) is 15.9. The molecule has 1 heterocycles. The predicted octanol–water partition coefficient (Wildman–Crippen LogP) is 3.22. The molecule has 5 heteroatoms. The quantitative estimate of drug-likeness (QED) is 0.652. The maximum atomic E-state index is 11.9. The Labute approximate surface area is 141 Å². The van der Waals surface area contributed by atoms with E-state index in [0.29, 0.717) is 13.1 Å². The van der Waals surface area contributed by atoms with E-state index in [2.05, 4.69) is 21.7 Å². The van der Waals surface area contributed by atoms with Gasteiger partial charge in [0.2, 0.25) is 0 Å². The third-order valence-corrected chi connectivity index (χ3v) is 3.99. The zero-order valence-corrected chi connectivity index (χ0v) is 13.6. The fraction of sp³-hybridized carbons (Fsp3) is 0.211. The van der Waals surface area contributed by atoms with E-state index in [9.17, 15) is 4.79 Å². The number of carbonyl (C=O) groups is 1. The lowest BCUT2D eigenvalue weighted by Gasteiger charge is -2.10. The maximum absolute atomic E-state index is 11.9. The molecule has 5 nitrogen and oxygen atoms in total. The van der Waals surface area contributed by atoms with Gasteiger partial charge >= 0.3 is 6.03 Å². The lowest BCUT2D eigenvalue weighted by Crippen LogP contribution is -2.36. The van der Waals surface area contributed by atoms with Crippen molar-refractivity contribution < 1.29 is 9.53 Å². The minimum atomic E-state index is -0.180. The number of rotatable bonds is 6. The molecule has 0 atom stereocenters. The Morgan fingerprint density at radius 3 is 2.71 bits per heavy atom. The molecule has 0 saturated heterocycles. The molecule has 3 N–H and O–H groups in total. The molecule has 0 bridgehead atoms. The summed E-state index contributed by atoms with van der Waals surface area (Å²) in [4.78, 5) is 15.2. The van der Waals surface area contributed by atoms with E-state index in [1.165, 1.54) is 10.9 Å². The van der Waals surface area contributed by atoms with Gasteiger partial charge in [0.15, 0.2) is 0 Å². The average Bonchev–Trinajstić information content (AvgIpc) is 3.03. The number of nitrogens with one attached hydrogen (secondary N) is 3. The van der Waals surface area contributed by atoms with E-state index in [0.717, 1.165) is 23.3 Å². The zero-order valence-electron chi connectivity index (χ0n) is 13.6. The molecule has 0 saturated carbocycles. The van der Waals surface area contributed by atoms with Crippen LogP contribution in [0.15, 0.2) is 54.7 Å². The second-order valence-corrected chi connectivity index (χ2v) is 5.53. The van der Waals surface area contributed by atoms with Crippen LogP contribution in [0.25, 0.3) is 10.9 Å². The van der Waals surface area contributed by atoms with Gasteiger partial charge in [0.1, 0.15) is 5.75 Å². The summed E-state index contributed by atoms with van der Waals surface area (Å²) in [6.45, 7) is 1.02. The highest BCUT2D eigenvalue weighted by molar-refractivity contribution is 5.83. The topological polar surface area (TPSA) is 66.2 Å². The van der Waals surface area contributed by atoms with Crippen LogP contribution in [0.4, 0.5) is 4.79 Å². The van der Waals surface area contributed by atoms with Crippen molar-refractivity contribution in [2.24, 2.45) is 0 Å². The van der Waals surface area contributed by atoms with Gasteiger partial charge in [-0.25, -0.2) is 4.79 Å². The third kappa shape index (κ3) is 3.68. The van der Waals surface area contributed by atoms with Gasteiger partial charge in [-0.1, -0.05) is 36.4 Å². The molecule has 24 heavy (non-hydrogen) atoms. The first-order valence-electron chi connectivity index (χ1n) is 7.96. The van der Waals surface area contributed by atoms with Crippen LogP contribution in [0, 0.1) is 0 Å². The van der Waals surface area contributed by atoms with Crippen LogP contribution in [0.3, 0.4) is 0 Å². The number of carbonyl (C=O) groups excluding carboxylic acids is 1. The Morgan fingerprint density at radius 1 is 1.04 bits per heavy atom. The molecule has 0 unspecified atom stereocenters. The van der Waals surface area contributed by atoms with Crippen LogP contribution >= 0.6 is 0 Å². The number of para-hydroxylation sites is 2. The van der Waals surface area contributed by atoms with E-state index in [-0.39, 0.29) is 6.03 Å². The number of aromatic amines is 1. The summed E-state index contributed by atoms with van der Waals surface area (Å²) in [6, 6.07) is 15.6. The molecule has 2 amide bonds. The molecule has 1 aromatic heterocycles. The number of hydrogen-bond acceptors (Lipinski definition) is 2. The van der Waals surface area contributed by atoms with Crippen LogP contribution < -0.4 is 15.4 Å². The Hall–Kier alpha value is -2.95. The Kier molecular flexibility index (Phi) is 5.01. The number of aromatic nitrogens is 1. The number of amides is 2. The average molecular weight is 323 g/mol. The largest absolute Gasteiger partial charge is 0.496 e. The Bertz CT molecular complexity index is 826. The molecule has 124 valence electrons. The number of benzene rings is 2. The van der Waals surface area contributed by atoms with Crippen LogP contribution in [0.5, 0.6) is 5.75 Å². The lowest BCUT2D eigenvalue weighted by molar-refractivity contribution is 0.240. The molecule has 2 aromatic carbocycles. The van der Waals surface area contributed by atoms with E-state index >= 15 is 0 Å². The number of ether oxygens (including phenoxy) is 1. The van der Waals surface area contributed by atoms with Crippen molar-refractivity contribution in [1.82, 2.24) is 15.6 Å². The molecule has 3 aromatic rings. The van der Waals surface area contributed by atoms with Crippen molar-refractivity contribution in [2.75, 3.05) is 13.7 Å². The van der Waals surface area contributed by atoms with Crippen LogP contribution in [-0.2, 0) is 13.0 Å². The van der Waals surface area contributed by atoms with Crippen molar-refractivity contribution in [3.8, 4) is 5.75 Å². The Balaban J connectivity index is 1.47. The minimum absolute atomic E-state index is 0.180. The molecule has 0 radical (unpaired) electrons. The van der Waals surface area contributed by atoms with Crippen molar-refractivity contribution in [3.05, 3.63) is 65.9 Å². The maximum Gasteiger partial charge on any atom is 0.315 e. The SMILES string of the molecule is COc1ccccc1CNC(=O)NCCc1c[nH]c2ccccc12. The number of H-pyrrole nitrogens is 1. The summed E-state index contributed by atoms with van der Waals surface area (Å²) in [7, 11) is 1.63. The van der Waals surface area contributed by atoms with E-state index < -0.39 is 0 Å². The summed E-state index contributed by atoms with van der Waals surface area (Å²) in [5.41, 5.74) is 3.27. The molecule has 0 aliphatic heterocycles. The van der Waals surface area contributed by atoms with Crippen LogP contribution in [0.2, 0.25) is 0 Å². The molecule has 0 spiro atoms. The summed E-state index contributed by atoms with van der Waals surface area (Å²) >= 11 is 0. The highest BCUT2D eigenvalue weighted by Crippen LogP contribution is 2.18. The number of hydrogen-bond donors (Lipinski definition) is 3. The van der Waals surface area contributed by atoms with Gasteiger partial charge in [0.05, 0.1) is 7.11 Å². The van der Waals surface area contributed by atoms with Gasteiger partial charge in [0, 0.05) is 35.8 Å². The fourth-order valence-electron chi connectivity index (χ4n) is 2.74. The fourth-order valence-corrected chi connectivity index (χ4v) is 2.74. The third-order valence-electron chi connectivity index (χ3n) is 3.99. The van der Waals surface area contributed by atoms with Crippen molar-refractivity contribution in [3.63, 3.8) is 0 Å². The van der Waals surface area contributed by atoms with Crippen LogP contribution in [0.1, 0.15) is 11.1 Å². The van der Waals surface area contributed by atoms with Gasteiger partial charge in [-0.05, 0) is 24.1 Å². The van der Waals surface area contributed by atoms with Crippen molar-refractivity contribution in [1.29, 1.82) is 0 Å². The highest BCUT2D eigenvalue weighted by Gasteiger charge is 2.06. The van der Waals surface area contributed by atoms with Gasteiger partial charge in [-0.3, -0.25) is 0 Å². The minimum Gasteiger partial charge on any atom is -0.496 e. The number of fused-ring (bicyclic) bond motifs is 1. The summed E-state index contributed by atoms with van der Waals surface area (Å²) in [6.07, 6.45) is 2.78. The molecule has 0 fully saturated rings. The second-order valence-electron chi connectivity index (χ2n) is 5.53. The first-order chi connectivity index (χ1) is 11.8. The van der Waals surface area contributed by atoms with Gasteiger partial charge in [-0.15, -0.1) is 0 Å². The molecular weight excluding hydrogens is 302 g/mol. The standard InChI is InChI=1S/C19H21N3O2/c1-24-18-9-5-2-6-15(18)13-22-19(23)20-11-10-14-12-21-17-8-4-3-7-16(14)17/h2-9,12,21H,10-11,13H2,1H3,(H2,20,22,23). The summed E-state index contributed by atoms with van der Waals surface area (Å²) < 4.78 is 5.27. The van der Waals surface area contributed by atoms with Crippen LogP contribution in [-0.4, -0.2) is 24.7 Å². The van der Waals surface area contributed by atoms with Crippen molar-refractivity contribution >= 4 is 16.9 Å². The van der Waals surface area contributed by atoms with E-state index in [1.807, 2.05) is 48.7 Å². The van der Waals surface area contributed by atoms with Crippen molar-refractivity contribution in [2.45, 2.75) is 13.0 Å². The van der Waals surface area contributed by atoms with Gasteiger partial charge in [-0.2, -0.15) is 0 Å². The van der Waals surface area contributed by atoms with E-state index in [1.54, 1.807) is 7.11 Å². The first-order valence-corrected chi connectivity index (χ1v) is 7.96. The highest BCUT2D eigenvalue weighted by atomic mass is 16.5. The summed E-state index contributed by atoms with van der Waals surface area (Å²) in [5, 5.41) is 6.94. The van der Waals surface area contributed by atoms with E-state index in [4.69, 9.17) is 4.74 Å². The molecule has 0 aliphatic carbocycles. The Morgan fingerprint density at radius 2 is 1.83 bits per heavy atom. The number of methoxy groups -OCH3 is 1. The second kappa shape index (κ2) is 7.55. The van der Waals surface area contributed by atoms with Gasteiger partial charge in [0.25, 0.3) is 0 Å².